The van der Waals surface area contributed by atoms with Gasteiger partial charge in [-0.3, -0.25) is 0 Å². The van der Waals surface area contributed by atoms with E-state index in [1.54, 1.807) is 11.3 Å². The molecule has 1 N–H and O–H groups in total. The Morgan fingerprint density at radius 3 is 2.48 bits per heavy atom. The average molecular weight is 388 g/mol. The fourth-order valence-electron chi connectivity index (χ4n) is 2.21. The topological polar surface area (TPSA) is 37.8 Å². The van der Waals surface area contributed by atoms with Crippen molar-refractivity contribution in [2.24, 2.45) is 0 Å². The molecule has 0 aliphatic carbocycles. The molecule has 3 nitrogen and oxygen atoms in total. The van der Waals surface area contributed by atoms with Crippen LogP contribution in [0.1, 0.15) is 20.8 Å². The minimum absolute atomic E-state index is 0.0276. The smallest absolute Gasteiger partial charge is 0.126 e. The number of hydrogen-bond acceptors (Lipinski definition) is 4. The third kappa shape index (κ3) is 3.98. The van der Waals surface area contributed by atoms with Crippen LogP contribution < -0.4 is 5.32 Å². The fraction of sp³-hybridized carbons (Fsp3) is 0.222. The highest BCUT2D eigenvalue weighted by Gasteiger charge is 2.15. The molecule has 0 spiro atoms. The normalized spacial score (nSPS) is 11.5. The van der Waals surface area contributed by atoms with Crippen molar-refractivity contribution in [1.29, 1.82) is 0 Å². The third-order valence-electron chi connectivity index (χ3n) is 3.14. The van der Waals surface area contributed by atoms with E-state index < -0.39 is 0 Å². The minimum atomic E-state index is -0.0276. The van der Waals surface area contributed by atoms with Crippen LogP contribution in [0, 0.1) is 0 Å². The molecular weight excluding hydrogens is 370 g/mol. The van der Waals surface area contributed by atoms with Crippen LogP contribution in [0.3, 0.4) is 0 Å². The summed E-state index contributed by atoms with van der Waals surface area (Å²) >= 11 is 5.30. The Morgan fingerprint density at radius 1 is 1.04 bits per heavy atom. The number of nitrogens with zero attached hydrogens (tertiary/aromatic N) is 2. The maximum atomic E-state index is 4.80. The zero-order valence-electron chi connectivity index (χ0n) is 13.3. The molecule has 0 bridgehead atoms. The van der Waals surface area contributed by atoms with Gasteiger partial charge in [-0.25, -0.2) is 9.97 Å². The first kappa shape index (κ1) is 16.1. The van der Waals surface area contributed by atoms with Gasteiger partial charge >= 0.3 is 0 Å². The van der Waals surface area contributed by atoms with Gasteiger partial charge in [0.1, 0.15) is 10.8 Å². The van der Waals surface area contributed by atoms with Crippen LogP contribution in [0.15, 0.2) is 52.4 Å². The number of pyridine rings is 1. The number of benzene rings is 1. The van der Waals surface area contributed by atoms with Crippen LogP contribution in [0.2, 0.25) is 0 Å². The highest BCUT2D eigenvalue weighted by atomic mass is 79.9. The summed E-state index contributed by atoms with van der Waals surface area (Å²) in [6.45, 7) is 6.36. The van der Waals surface area contributed by atoms with Crippen molar-refractivity contribution in [1.82, 2.24) is 9.97 Å². The Hall–Kier alpha value is -1.72. The zero-order valence-corrected chi connectivity index (χ0v) is 15.7. The molecule has 2 heterocycles. The second-order valence-electron chi connectivity index (χ2n) is 6.31. The first-order valence-electron chi connectivity index (χ1n) is 7.39. The third-order valence-corrected chi connectivity index (χ3v) is 4.90. The van der Waals surface area contributed by atoms with E-state index in [0.29, 0.717) is 0 Å². The van der Waals surface area contributed by atoms with Gasteiger partial charge < -0.3 is 5.32 Å². The summed E-state index contributed by atoms with van der Waals surface area (Å²) in [7, 11) is 0. The van der Waals surface area contributed by atoms with Gasteiger partial charge in [0.05, 0.1) is 9.48 Å². The molecule has 0 aliphatic rings. The van der Waals surface area contributed by atoms with E-state index in [1.807, 2.05) is 36.5 Å². The lowest BCUT2D eigenvalue weighted by atomic mass is 10.1. The number of anilines is 1. The second-order valence-corrected chi connectivity index (χ2v) is 8.63. The Kier molecular flexibility index (Phi) is 4.50. The number of rotatable bonds is 3. The van der Waals surface area contributed by atoms with Crippen molar-refractivity contribution in [3.63, 3.8) is 0 Å². The van der Waals surface area contributed by atoms with E-state index >= 15 is 0 Å². The number of nitrogens with one attached hydrogen (secondary N) is 1. The molecule has 23 heavy (non-hydrogen) atoms. The lowest BCUT2D eigenvalue weighted by Crippen LogP contribution is -2.26. The Morgan fingerprint density at radius 2 is 1.78 bits per heavy atom. The van der Waals surface area contributed by atoms with Gasteiger partial charge in [0.2, 0.25) is 0 Å². The lowest BCUT2D eigenvalue weighted by Gasteiger charge is -2.21. The van der Waals surface area contributed by atoms with Crippen LogP contribution >= 0.6 is 27.3 Å². The average Bonchev–Trinajstić information content (AvgIpc) is 2.89. The van der Waals surface area contributed by atoms with Crippen molar-refractivity contribution < 1.29 is 0 Å². The summed E-state index contributed by atoms with van der Waals surface area (Å²) in [5.41, 5.74) is 3.11. The predicted molar refractivity (Wildman–Crippen MR) is 102 cm³/mol. The van der Waals surface area contributed by atoms with Gasteiger partial charge in [0.15, 0.2) is 0 Å². The highest BCUT2D eigenvalue weighted by Crippen LogP contribution is 2.37. The molecule has 5 heteroatoms. The Bertz CT molecular complexity index is 807. The molecule has 0 saturated heterocycles. The summed E-state index contributed by atoms with van der Waals surface area (Å²) in [4.78, 5) is 9.20. The van der Waals surface area contributed by atoms with Gasteiger partial charge in [0.25, 0.3) is 0 Å². The van der Waals surface area contributed by atoms with Gasteiger partial charge in [0, 0.05) is 22.9 Å². The monoisotopic (exact) mass is 387 g/mol. The predicted octanol–water partition coefficient (Wildman–Crippen LogP) is 5.85. The number of aromatic nitrogens is 2. The molecule has 0 radical (unpaired) electrons. The quantitative estimate of drug-likeness (QED) is 0.612. The van der Waals surface area contributed by atoms with E-state index in [-0.39, 0.29) is 5.54 Å². The van der Waals surface area contributed by atoms with Gasteiger partial charge in [-0.2, -0.15) is 0 Å². The maximum Gasteiger partial charge on any atom is 0.126 e. The SMILES string of the molecule is CC(C)(C)Nc1cc(-c2nc(-c3ccccc3)sc2Br)ccn1. The molecule has 0 saturated carbocycles. The van der Waals surface area contributed by atoms with Gasteiger partial charge in [-0.05, 0) is 48.8 Å². The van der Waals surface area contributed by atoms with Crippen LogP contribution in [-0.2, 0) is 0 Å². The molecule has 0 amide bonds. The molecule has 0 unspecified atom stereocenters. The standard InChI is InChI=1S/C18H18BrN3S/c1-18(2,3)22-14-11-13(9-10-20-14)15-16(19)23-17(21-15)12-7-5-4-6-8-12/h4-11H,1-3H3,(H,20,22). The van der Waals surface area contributed by atoms with Crippen molar-refractivity contribution in [2.45, 2.75) is 26.3 Å². The van der Waals surface area contributed by atoms with Crippen molar-refractivity contribution in [3.05, 3.63) is 52.4 Å². The van der Waals surface area contributed by atoms with Crippen molar-refractivity contribution >= 4 is 33.1 Å². The molecule has 2 aromatic heterocycles. The number of thiazole rings is 1. The van der Waals surface area contributed by atoms with Crippen LogP contribution in [0.5, 0.6) is 0 Å². The van der Waals surface area contributed by atoms with E-state index in [1.165, 1.54) is 0 Å². The van der Waals surface area contributed by atoms with Gasteiger partial charge in [-0.1, -0.05) is 30.3 Å². The zero-order chi connectivity index (χ0) is 16.4. The molecule has 0 atom stereocenters. The molecule has 0 fully saturated rings. The van der Waals surface area contributed by atoms with E-state index in [2.05, 4.69) is 59.1 Å². The largest absolute Gasteiger partial charge is 0.365 e. The molecule has 3 rings (SSSR count). The molecule has 118 valence electrons. The lowest BCUT2D eigenvalue weighted by molar-refractivity contribution is 0.630. The summed E-state index contributed by atoms with van der Waals surface area (Å²) in [5, 5.41) is 4.41. The number of hydrogen-bond donors (Lipinski definition) is 1. The molecule has 1 aromatic carbocycles. The van der Waals surface area contributed by atoms with E-state index in [4.69, 9.17) is 4.98 Å². The Balaban J connectivity index is 1.96. The van der Waals surface area contributed by atoms with Crippen molar-refractivity contribution in [2.75, 3.05) is 5.32 Å². The first-order valence-corrected chi connectivity index (χ1v) is 9.00. The molecular formula is C18H18BrN3S. The maximum absolute atomic E-state index is 4.80. The second kappa shape index (κ2) is 6.42. The highest BCUT2D eigenvalue weighted by molar-refractivity contribution is 9.11. The van der Waals surface area contributed by atoms with Crippen LogP contribution in [0.25, 0.3) is 21.8 Å². The van der Waals surface area contributed by atoms with Crippen LogP contribution in [0.4, 0.5) is 5.82 Å². The van der Waals surface area contributed by atoms with Gasteiger partial charge in [-0.15, -0.1) is 11.3 Å². The summed E-state index contributed by atoms with van der Waals surface area (Å²) in [6.07, 6.45) is 1.82. The van der Waals surface area contributed by atoms with E-state index in [9.17, 15) is 0 Å². The number of halogens is 1. The molecule has 3 aromatic rings. The van der Waals surface area contributed by atoms with Crippen LogP contribution in [-0.4, -0.2) is 15.5 Å². The first-order chi connectivity index (χ1) is 10.9. The minimum Gasteiger partial charge on any atom is -0.365 e. The molecule has 0 aliphatic heterocycles. The fourth-order valence-corrected chi connectivity index (χ4v) is 3.81. The Labute approximate surface area is 149 Å². The summed E-state index contributed by atoms with van der Waals surface area (Å²) in [5.74, 6) is 0.858. The van der Waals surface area contributed by atoms with E-state index in [0.717, 1.165) is 31.4 Å². The summed E-state index contributed by atoms with van der Waals surface area (Å²) in [6, 6.07) is 14.3. The summed E-state index contributed by atoms with van der Waals surface area (Å²) < 4.78 is 1.03. The van der Waals surface area contributed by atoms with Crippen molar-refractivity contribution in [3.8, 4) is 21.8 Å².